The van der Waals surface area contributed by atoms with Gasteiger partial charge in [-0.25, -0.2) is 100 Å². The Bertz CT molecular complexity index is 5260. The first-order valence-electron chi connectivity index (χ1n) is 34.0. The topological polar surface area (TPSA) is 77.3 Å². The Labute approximate surface area is 610 Å². The number of hydrogen-bond donors (Lipinski definition) is 0. The van der Waals surface area contributed by atoms with Crippen LogP contribution in [0.2, 0.25) is 0 Å². The summed E-state index contributed by atoms with van der Waals surface area (Å²) in [6, 6.07) is 31.9. The highest BCUT2D eigenvalue weighted by Crippen LogP contribution is 2.55. The number of rotatable bonds is 10. The highest BCUT2D eigenvalue weighted by Gasteiger charge is 2.40. The van der Waals surface area contributed by atoms with Gasteiger partial charge in [0, 0.05) is 54.9 Å². The largest absolute Gasteiger partial charge is 0.208 e. The van der Waals surface area contributed by atoms with Crippen LogP contribution in [0.4, 0.5) is 70.2 Å². The quantitative estimate of drug-likeness (QED) is 0.0588. The number of hydrogen-bond acceptors (Lipinski definition) is 6. The summed E-state index contributed by atoms with van der Waals surface area (Å²) < 4.78 is 278. The molecule has 550 valence electrons. The van der Waals surface area contributed by atoms with Crippen LogP contribution in [-0.2, 0) is 21.7 Å². The van der Waals surface area contributed by atoms with E-state index in [9.17, 15) is 0 Å². The highest BCUT2D eigenvalue weighted by atomic mass is 19.2. The van der Waals surface area contributed by atoms with Gasteiger partial charge in [-0.15, -0.1) is 0 Å². The number of aryl methyl sites for hydroxylation is 2. The maximum atomic E-state index is 17.8. The molecule has 0 unspecified atom stereocenters. The molecular formula is C86H64F16N6. The fraction of sp³-hybridized carbons (Fsp3) is 0.209. The summed E-state index contributed by atoms with van der Waals surface area (Å²) in [6.45, 7) is 25.3. The molecule has 108 heavy (non-hydrogen) atoms. The van der Waals surface area contributed by atoms with Crippen molar-refractivity contribution < 1.29 is 70.2 Å². The first kappa shape index (κ1) is 75.1. The molecule has 0 bridgehead atoms. The normalized spacial score (nSPS) is 12.4. The van der Waals surface area contributed by atoms with Crippen molar-refractivity contribution in [3.63, 3.8) is 0 Å². The van der Waals surface area contributed by atoms with E-state index in [2.05, 4.69) is 29.9 Å². The molecule has 11 aromatic carbocycles. The van der Waals surface area contributed by atoms with Crippen molar-refractivity contribution in [1.82, 2.24) is 29.9 Å². The molecule has 6 nitrogen and oxygen atoms in total. The van der Waals surface area contributed by atoms with Gasteiger partial charge in [0.1, 0.15) is 0 Å². The van der Waals surface area contributed by atoms with Gasteiger partial charge in [0.2, 0.25) is 0 Å². The standard InChI is InChI=1S/C86H64F16N6/c1-37-17-15-19-47(51-61(87)69(95)59(70(96)62(51)88)81-105-77(39-21-29-43(30-22-39)83(3,4)5)103-78(106-81)40-23-31-44(32-24-40)84(6,7)8)49(37)53-55-57(67(93)75(101)73(99)65(55)91)54(58-56(53)66(92)74(100)76(102)68(58)94)50-38(2)18-16-20-48(50)52-63(89)71(97)60(72(98)64(52)90)82-107-79(41-25-33-45(34-26-41)85(9,10)11)104-80(108-82)42-27-35-46(36-28-42)86(12,13)14/h15-36H,1-14H3. The number of aromatic nitrogens is 6. The van der Waals surface area contributed by atoms with Crippen LogP contribution in [0, 0.1) is 107 Å². The van der Waals surface area contributed by atoms with E-state index in [0.29, 0.717) is 12.1 Å². The Kier molecular flexibility index (Phi) is 18.7. The van der Waals surface area contributed by atoms with Gasteiger partial charge in [-0.05, 0) is 91.1 Å². The average molecular weight is 1490 g/mol. The van der Waals surface area contributed by atoms with Crippen molar-refractivity contribution in [3.8, 4) is 113 Å². The summed E-state index contributed by atoms with van der Waals surface area (Å²) in [6.07, 6.45) is 0. The lowest BCUT2D eigenvalue weighted by Gasteiger charge is -2.25. The molecule has 0 aliphatic heterocycles. The molecule has 0 amide bonds. The second-order valence-electron chi connectivity index (χ2n) is 30.7. The average Bonchev–Trinajstić information content (AvgIpc) is 0.692. The van der Waals surface area contributed by atoms with E-state index in [1.807, 2.05) is 83.1 Å². The predicted molar refractivity (Wildman–Crippen MR) is 386 cm³/mol. The molecule has 0 saturated carbocycles. The monoisotopic (exact) mass is 1480 g/mol. The molecule has 22 heteroatoms. The molecule has 2 heterocycles. The molecule has 0 N–H and O–H groups in total. The Balaban J connectivity index is 1.06. The second-order valence-corrected chi connectivity index (χ2v) is 30.7. The summed E-state index contributed by atoms with van der Waals surface area (Å²) in [5, 5.41) is -7.25. The highest BCUT2D eigenvalue weighted by molar-refractivity contribution is 6.24. The smallest absolute Gasteiger partial charge is 0.198 e. The third-order valence-corrected chi connectivity index (χ3v) is 19.4. The Morgan fingerprint density at radius 1 is 0.194 bits per heavy atom. The number of nitrogens with zero attached hydrogens (tertiary/aromatic N) is 6. The van der Waals surface area contributed by atoms with E-state index in [0.717, 1.165) is 60.4 Å². The molecule has 0 radical (unpaired) electrons. The van der Waals surface area contributed by atoms with Crippen LogP contribution in [0.5, 0.6) is 0 Å². The Hall–Kier alpha value is -11.2. The van der Waals surface area contributed by atoms with Crippen molar-refractivity contribution in [3.05, 3.63) is 260 Å². The number of benzene rings is 11. The van der Waals surface area contributed by atoms with E-state index >= 15 is 70.2 Å². The summed E-state index contributed by atoms with van der Waals surface area (Å²) in [5.74, 6) is -42.4. The molecule has 13 aromatic rings. The second kappa shape index (κ2) is 27.0. The lowest BCUT2D eigenvalue weighted by molar-refractivity contribution is 0.416. The van der Waals surface area contributed by atoms with Gasteiger partial charge in [0.05, 0.1) is 22.3 Å². The molecular weight excluding hydrogens is 1420 g/mol. The molecule has 0 aliphatic carbocycles. The zero-order valence-corrected chi connectivity index (χ0v) is 60.4. The minimum Gasteiger partial charge on any atom is -0.208 e. The van der Waals surface area contributed by atoms with Gasteiger partial charge in [-0.1, -0.05) is 217 Å². The summed E-state index contributed by atoms with van der Waals surface area (Å²) in [4.78, 5) is 26.4. The van der Waals surface area contributed by atoms with Crippen LogP contribution in [0.1, 0.15) is 116 Å². The number of fused-ring (bicyclic) bond motifs is 2. The minimum absolute atomic E-state index is 0.236. The van der Waals surface area contributed by atoms with Crippen LogP contribution < -0.4 is 0 Å². The SMILES string of the molecule is Cc1cccc(-c2c(F)c(F)c(-c3nc(-c4ccc(C(C)(C)C)cc4)nc(-c4ccc(C(C)(C)C)cc4)n3)c(F)c2F)c1-c1c2c(F)c(F)c(F)c(F)c2c(-c2c(C)cccc2-c2c(F)c(F)c(-c3nc(-c4ccc(C(C)(C)C)cc4)nc(-c4ccc(C(C)(C)C)cc4)n3)c(F)c2F)c2c(F)c(F)c(F)c(F)c12. The van der Waals surface area contributed by atoms with Crippen LogP contribution in [0.3, 0.4) is 0 Å². The van der Waals surface area contributed by atoms with Crippen LogP contribution in [-0.4, -0.2) is 29.9 Å². The minimum atomic E-state index is -2.76. The van der Waals surface area contributed by atoms with E-state index in [4.69, 9.17) is 0 Å². The van der Waals surface area contributed by atoms with E-state index < -0.39 is 193 Å². The van der Waals surface area contributed by atoms with Crippen molar-refractivity contribution in [2.75, 3.05) is 0 Å². The first-order chi connectivity index (χ1) is 50.6. The summed E-state index contributed by atoms with van der Waals surface area (Å²) in [7, 11) is 0. The van der Waals surface area contributed by atoms with Gasteiger partial charge in [-0.3, -0.25) is 0 Å². The van der Waals surface area contributed by atoms with Gasteiger partial charge < -0.3 is 0 Å². The van der Waals surface area contributed by atoms with Gasteiger partial charge in [0.25, 0.3) is 0 Å². The lowest BCUT2D eigenvalue weighted by atomic mass is 9.79. The van der Waals surface area contributed by atoms with Gasteiger partial charge in [0.15, 0.2) is 128 Å². The van der Waals surface area contributed by atoms with E-state index in [1.54, 1.807) is 97.1 Å². The molecule has 0 aliphatic rings. The van der Waals surface area contributed by atoms with Crippen molar-refractivity contribution in [2.24, 2.45) is 0 Å². The van der Waals surface area contributed by atoms with Gasteiger partial charge >= 0.3 is 0 Å². The summed E-state index contributed by atoms with van der Waals surface area (Å²) in [5.41, 5.74) is -12.6. The molecule has 13 rings (SSSR count). The Morgan fingerprint density at radius 2 is 0.389 bits per heavy atom. The zero-order chi connectivity index (χ0) is 78.4. The molecule has 0 spiro atoms. The van der Waals surface area contributed by atoms with E-state index in [-0.39, 0.29) is 67.2 Å². The van der Waals surface area contributed by atoms with Crippen molar-refractivity contribution in [2.45, 2.75) is 119 Å². The van der Waals surface area contributed by atoms with Crippen LogP contribution in [0.15, 0.2) is 133 Å². The third kappa shape index (κ3) is 12.7. The fourth-order valence-corrected chi connectivity index (χ4v) is 13.5. The third-order valence-electron chi connectivity index (χ3n) is 19.4. The van der Waals surface area contributed by atoms with Crippen LogP contribution >= 0.6 is 0 Å². The fourth-order valence-electron chi connectivity index (χ4n) is 13.5. The van der Waals surface area contributed by atoms with E-state index in [1.165, 1.54) is 0 Å². The number of halogens is 16. The van der Waals surface area contributed by atoms with Crippen molar-refractivity contribution >= 4 is 21.5 Å². The molecule has 0 fully saturated rings. The predicted octanol–water partition coefficient (Wildman–Crippen LogP) is 25.1. The molecule has 0 saturated heterocycles. The molecule has 2 aromatic heterocycles. The van der Waals surface area contributed by atoms with Gasteiger partial charge in [-0.2, -0.15) is 0 Å². The Morgan fingerprint density at radius 3 is 0.593 bits per heavy atom. The summed E-state index contributed by atoms with van der Waals surface area (Å²) >= 11 is 0. The zero-order valence-electron chi connectivity index (χ0n) is 60.4. The maximum absolute atomic E-state index is 17.8. The first-order valence-corrected chi connectivity index (χ1v) is 34.0. The van der Waals surface area contributed by atoms with Crippen molar-refractivity contribution in [1.29, 1.82) is 0 Å². The lowest BCUT2D eigenvalue weighted by Crippen LogP contribution is -2.11. The molecule has 0 atom stereocenters. The maximum Gasteiger partial charge on any atom is 0.198 e. The van der Waals surface area contributed by atoms with Crippen LogP contribution in [0.25, 0.3) is 134 Å².